The minimum atomic E-state index is -1.19. The summed E-state index contributed by atoms with van der Waals surface area (Å²) >= 11 is 6.25. The molecule has 0 unspecified atom stereocenters. The minimum absolute atomic E-state index is 0.122. The van der Waals surface area contributed by atoms with Gasteiger partial charge in [0, 0.05) is 10.8 Å². The van der Waals surface area contributed by atoms with Crippen molar-refractivity contribution < 1.29 is 19.4 Å². The normalized spacial score (nSPS) is 11.4. The van der Waals surface area contributed by atoms with E-state index >= 15 is 0 Å². The predicted octanol–water partition coefficient (Wildman–Crippen LogP) is 5.26. The Labute approximate surface area is 166 Å². The van der Waals surface area contributed by atoms with Gasteiger partial charge in [0.2, 0.25) is 0 Å². The van der Waals surface area contributed by atoms with Gasteiger partial charge in [-0.1, -0.05) is 62.7 Å². The highest BCUT2D eigenvalue weighted by Crippen LogP contribution is 2.35. The first kappa shape index (κ1) is 19.7. The monoisotopic (exact) mass is 401 g/mol. The van der Waals surface area contributed by atoms with Crippen molar-refractivity contribution in [2.24, 2.45) is 0 Å². The summed E-state index contributed by atoms with van der Waals surface area (Å²) in [5.74, 6) is 0. The summed E-state index contributed by atoms with van der Waals surface area (Å²) in [5.41, 5.74) is 1.62. The second-order valence-corrected chi connectivity index (χ2v) is 7.74. The van der Waals surface area contributed by atoms with Crippen molar-refractivity contribution in [2.75, 3.05) is 5.32 Å². The van der Waals surface area contributed by atoms with Gasteiger partial charge in [0.1, 0.15) is 6.61 Å². The zero-order chi connectivity index (χ0) is 20.5. The van der Waals surface area contributed by atoms with Crippen LogP contribution in [0.1, 0.15) is 32.0 Å². The second kappa shape index (κ2) is 7.52. The molecule has 0 bridgehead atoms. The van der Waals surface area contributed by atoms with E-state index in [0.717, 1.165) is 10.2 Å². The molecule has 1 heterocycles. The lowest BCUT2D eigenvalue weighted by molar-refractivity contribution is 0.155. The van der Waals surface area contributed by atoms with Crippen LogP contribution in [-0.2, 0) is 16.8 Å². The third-order valence-corrected chi connectivity index (χ3v) is 4.41. The van der Waals surface area contributed by atoms with Crippen molar-refractivity contribution in [3.8, 4) is 0 Å². The smallest absolute Gasteiger partial charge is 0.432 e. The molecule has 146 valence electrons. The molecular formula is C20H20ClN3O4. The van der Waals surface area contributed by atoms with Crippen LogP contribution in [0.5, 0.6) is 0 Å². The Kier molecular flexibility index (Phi) is 5.29. The van der Waals surface area contributed by atoms with Crippen LogP contribution in [0.3, 0.4) is 0 Å². The van der Waals surface area contributed by atoms with Gasteiger partial charge in [0.05, 0.1) is 21.9 Å². The average molecular weight is 402 g/mol. The van der Waals surface area contributed by atoms with E-state index in [0.29, 0.717) is 22.3 Å². The molecule has 0 saturated heterocycles. The Hall–Kier alpha value is -3.06. The largest absolute Gasteiger partial charge is 0.463 e. The number of nitrogens with one attached hydrogen (secondary N) is 1. The third-order valence-electron chi connectivity index (χ3n) is 4.10. The predicted molar refractivity (Wildman–Crippen MR) is 107 cm³/mol. The number of carbonyl (C=O) groups is 2. The molecule has 2 aromatic carbocycles. The Bertz CT molecular complexity index is 1040. The van der Waals surface area contributed by atoms with Gasteiger partial charge < -0.3 is 9.84 Å². The number of fused-ring (bicyclic) bond motifs is 1. The fourth-order valence-corrected chi connectivity index (χ4v) is 3.14. The lowest BCUT2D eigenvalue weighted by atomic mass is 9.89. The van der Waals surface area contributed by atoms with Crippen LogP contribution in [0.4, 0.5) is 15.3 Å². The Balaban J connectivity index is 1.90. The second-order valence-electron chi connectivity index (χ2n) is 7.33. The molecule has 0 fully saturated rings. The number of benzene rings is 2. The van der Waals surface area contributed by atoms with Gasteiger partial charge in [0.15, 0.2) is 0 Å². The summed E-state index contributed by atoms with van der Waals surface area (Å²) in [6.45, 7) is 5.78. The number of halogens is 1. The van der Waals surface area contributed by atoms with Gasteiger partial charge in [-0.2, -0.15) is 9.78 Å². The van der Waals surface area contributed by atoms with Gasteiger partial charge in [0.25, 0.3) is 0 Å². The number of aromatic nitrogens is 2. The van der Waals surface area contributed by atoms with E-state index in [4.69, 9.17) is 16.3 Å². The molecule has 0 aliphatic heterocycles. The molecule has 2 N–H and O–H groups in total. The van der Waals surface area contributed by atoms with Crippen LogP contribution < -0.4 is 5.32 Å². The van der Waals surface area contributed by atoms with E-state index in [-0.39, 0.29) is 11.6 Å². The van der Waals surface area contributed by atoms with E-state index < -0.39 is 17.6 Å². The first-order chi connectivity index (χ1) is 13.2. The number of amides is 1. The summed E-state index contributed by atoms with van der Waals surface area (Å²) in [6, 6.07) is 12.4. The zero-order valence-electron chi connectivity index (χ0n) is 15.7. The Morgan fingerprint density at radius 1 is 1.21 bits per heavy atom. The number of anilines is 1. The van der Waals surface area contributed by atoms with Crippen molar-refractivity contribution >= 4 is 40.4 Å². The molecule has 8 heteroatoms. The Morgan fingerprint density at radius 2 is 1.89 bits per heavy atom. The fraction of sp³-hybridized carbons (Fsp3) is 0.250. The number of rotatable bonds is 3. The molecule has 0 spiro atoms. The summed E-state index contributed by atoms with van der Waals surface area (Å²) in [5, 5.41) is 17.0. The lowest BCUT2D eigenvalue weighted by Gasteiger charge is -2.19. The molecule has 7 nitrogen and oxygen atoms in total. The SMILES string of the molecule is CC(C)(C)c1c2cc(NC(=O)OCc3ccccc3)c(Cl)cc2nn1C(=O)O. The quantitative estimate of drug-likeness (QED) is 0.624. The van der Waals surface area contributed by atoms with Crippen LogP contribution in [0.2, 0.25) is 5.02 Å². The zero-order valence-corrected chi connectivity index (χ0v) is 16.4. The molecule has 3 aromatic rings. The summed E-state index contributed by atoms with van der Waals surface area (Å²) in [4.78, 5) is 23.7. The molecule has 0 atom stereocenters. The molecule has 3 rings (SSSR count). The molecule has 1 amide bonds. The molecule has 0 aliphatic rings. The summed E-state index contributed by atoms with van der Waals surface area (Å²) < 4.78 is 6.16. The highest BCUT2D eigenvalue weighted by Gasteiger charge is 2.27. The number of carbonyl (C=O) groups excluding carboxylic acids is 1. The molecule has 1 aromatic heterocycles. The van der Waals surface area contributed by atoms with E-state index in [1.807, 2.05) is 51.1 Å². The van der Waals surface area contributed by atoms with Crippen LogP contribution >= 0.6 is 11.6 Å². The van der Waals surface area contributed by atoms with Crippen molar-refractivity contribution in [3.05, 3.63) is 58.7 Å². The molecular weight excluding hydrogens is 382 g/mol. The number of ether oxygens (including phenoxy) is 1. The van der Waals surface area contributed by atoms with Gasteiger partial charge >= 0.3 is 12.2 Å². The number of hydrogen-bond donors (Lipinski definition) is 2. The van der Waals surface area contributed by atoms with Crippen molar-refractivity contribution in [1.82, 2.24) is 9.78 Å². The standard InChI is InChI=1S/C20H20ClN3O4/c1-20(2,3)17-13-9-16(14(21)10-15(13)23-24(17)19(26)27)22-18(25)28-11-12-7-5-4-6-8-12/h4-10H,11H2,1-3H3,(H,22,25)(H,26,27). The first-order valence-electron chi connectivity index (χ1n) is 8.60. The molecule has 28 heavy (non-hydrogen) atoms. The van der Waals surface area contributed by atoms with Crippen LogP contribution in [-0.4, -0.2) is 27.1 Å². The fourth-order valence-electron chi connectivity index (χ4n) is 2.93. The van der Waals surface area contributed by atoms with Crippen LogP contribution in [0, 0.1) is 0 Å². The van der Waals surface area contributed by atoms with Gasteiger partial charge in [-0.3, -0.25) is 5.32 Å². The first-order valence-corrected chi connectivity index (χ1v) is 8.98. The number of nitrogens with zero attached hydrogens (tertiary/aromatic N) is 2. The van der Waals surface area contributed by atoms with E-state index in [1.54, 1.807) is 6.07 Å². The average Bonchev–Trinajstić information content (AvgIpc) is 3.00. The molecule has 0 aliphatic carbocycles. The Morgan fingerprint density at radius 3 is 2.50 bits per heavy atom. The van der Waals surface area contributed by atoms with E-state index in [2.05, 4.69) is 10.4 Å². The van der Waals surface area contributed by atoms with E-state index in [1.165, 1.54) is 6.07 Å². The van der Waals surface area contributed by atoms with Gasteiger partial charge in [-0.25, -0.2) is 9.59 Å². The maximum atomic E-state index is 12.2. The topological polar surface area (TPSA) is 93.5 Å². The number of carboxylic acid groups (broad SMARTS) is 1. The maximum Gasteiger partial charge on any atom is 0.432 e. The van der Waals surface area contributed by atoms with Crippen molar-refractivity contribution in [1.29, 1.82) is 0 Å². The molecule has 0 radical (unpaired) electrons. The third kappa shape index (κ3) is 4.09. The highest BCUT2D eigenvalue weighted by atomic mass is 35.5. The van der Waals surface area contributed by atoms with Crippen molar-refractivity contribution in [3.63, 3.8) is 0 Å². The maximum absolute atomic E-state index is 12.2. The summed E-state index contributed by atoms with van der Waals surface area (Å²) in [6.07, 6.45) is -1.85. The van der Waals surface area contributed by atoms with Crippen LogP contribution in [0.15, 0.2) is 42.5 Å². The minimum Gasteiger partial charge on any atom is -0.463 e. The van der Waals surface area contributed by atoms with E-state index in [9.17, 15) is 14.7 Å². The molecule has 0 saturated carbocycles. The summed E-state index contributed by atoms with van der Waals surface area (Å²) in [7, 11) is 0. The van der Waals surface area contributed by atoms with Crippen molar-refractivity contribution in [2.45, 2.75) is 32.8 Å². The van der Waals surface area contributed by atoms with Crippen LogP contribution in [0.25, 0.3) is 10.9 Å². The number of hydrogen-bond acceptors (Lipinski definition) is 4. The van der Waals surface area contributed by atoms with Gasteiger partial charge in [-0.05, 0) is 17.7 Å². The van der Waals surface area contributed by atoms with Gasteiger partial charge in [-0.15, -0.1) is 0 Å². The highest BCUT2D eigenvalue weighted by molar-refractivity contribution is 6.34. The lowest BCUT2D eigenvalue weighted by Crippen LogP contribution is -2.22.